The predicted molar refractivity (Wildman–Crippen MR) is 88.2 cm³/mol. The molecule has 130 valence electrons. The van der Waals surface area contributed by atoms with E-state index in [0.29, 0.717) is 0 Å². The molecule has 0 radical (unpaired) electrons. The van der Waals surface area contributed by atoms with E-state index in [9.17, 15) is 9.90 Å². The molecule has 6 heteroatoms. The quantitative estimate of drug-likeness (QED) is 0.696. The van der Waals surface area contributed by atoms with Gasteiger partial charge in [-0.15, -0.1) is 0 Å². The Morgan fingerprint density at radius 3 is 2.65 bits per heavy atom. The van der Waals surface area contributed by atoms with Crippen molar-refractivity contribution in [3.05, 3.63) is 12.2 Å². The number of ether oxygens (including phenoxy) is 1. The Labute approximate surface area is 138 Å². The van der Waals surface area contributed by atoms with Gasteiger partial charge in [0.25, 0.3) is 0 Å². The second-order valence-corrected chi connectivity index (χ2v) is 6.81. The largest absolute Gasteiger partial charge is 0.389 e. The number of aliphatic hydroxyl groups is 1. The van der Waals surface area contributed by atoms with Crippen LogP contribution in [0.5, 0.6) is 0 Å². The van der Waals surface area contributed by atoms with Gasteiger partial charge in [0.1, 0.15) is 0 Å². The SMILES string of the molecule is O=C(/C=C/CN1CCOCC1)N[C@@H]1CC[C@@H](N2CCCC2)[C@@H]1O. The van der Waals surface area contributed by atoms with Gasteiger partial charge in [-0.2, -0.15) is 0 Å². The Balaban J connectivity index is 1.40. The van der Waals surface area contributed by atoms with Gasteiger partial charge in [0.15, 0.2) is 0 Å². The lowest BCUT2D eigenvalue weighted by atomic mass is 10.1. The molecule has 3 fully saturated rings. The van der Waals surface area contributed by atoms with Crippen molar-refractivity contribution in [1.29, 1.82) is 0 Å². The van der Waals surface area contributed by atoms with Crippen molar-refractivity contribution < 1.29 is 14.6 Å². The topological polar surface area (TPSA) is 65.0 Å². The molecule has 0 unspecified atom stereocenters. The Morgan fingerprint density at radius 1 is 1.17 bits per heavy atom. The average Bonchev–Trinajstić information content (AvgIpc) is 3.19. The highest BCUT2D eigenvalue weighted by Gasteiger charge is 2.39. The molecule has 6 nitrogen and oxygen atoms in total. The first-order chi connectivity index (χ1) is 11.2. The van der Waals surface area contributed by atoms with Gasteiger partial charge in [-0.1, -0.05) is 6.08 Å². The van der Waals surface area contributed by atoms with Crippen molar-refractivity contribution in [2.45, 2.75) is 43.9 Å². The Kier molecular flexibility index (Phi) is 6.05. The highest BCUT2D eigenvalue weighted by Crippen LogP contribution is 2.27. The van der Waals surface area contributed by atoms with Gasteiger partial charge in [-0.25, -0.2) is 0 Å². The van der Waals surface area contributed by atoms with Gasteiger partial charge in [-0.05, 0) is 38.8 Å². The number of carbonyl (C=O) groups is 1. The third-order valence-corrected chi connectivity index (χ3v) is 5.25. The van der Waals surface area contributed by atoms with Crippen LogP contribution in [0.15, 0.2) is 12.2 Å². The zero-order valence-corrected chi connectivity index (χ0v) is 13.8. The van der Waals surface area contributed by atoms with Gasteiger partial charge in [-0.3, -0.25) is 14.6 Å². The number of nitrogens with zero attached hydrogens (tertiary/aromatic N) is 2. The number of rotatable bonds is 5. The molecule has 2 saturated heterocycles. The molecule has 1 amide bonds. The molecule has 0 aromatic carbocycles. The van der Waals surface area contributed by atoms with Crippen LogP contribution < -0.4 is 5.32 Å². The van der Waals surface area contributed by atoms with Crippen molar-refractivity contribution >= 4 is 5.91 Å². The van der Waals surface area contributed by atoms with Crippen LogP contribution in [-0.4, -0.2) is 84.9 Å². The fraction of sp³-hybridized carbons (Fsp3) is 0.824. The lowest BCUT2D eigenvalue weighted by molar-refractivity contribution is -0.118. The molecule has 1 saturated carbocycles. The van der Waals surface area contributed by atoms with Crippen LogP contribution in [0.2, 0.25) is 0 Å². The second-order valence-electron chi connectivity index (χ2n) is 6.81. The fourth-order valence-corrected chi connectivity index (χ4v) is 3.91. The van der Waals surface area contributed by atoms with E-state index in [-0.39, 0.29) is 18.0 Å². The summed E-state index contributed by atoms with van der Waals surface area (Å²) in [6.45, 7) is 6.33. The number of nitrogens with one attached hydrogen (secondary N) is 1. The molecule has 3 atom stereocenters. The second kappa shape index (κ2) is 8.24. The minimum atomic E-state index is -0.440. The fourth-order valence-electron chi connectivity index (χ4n) is 3.91. The number of aliphatic hydroxyl groups excluding tert-OH is 1. The first-order valence-electron chi connectivity index (χ1n) is 8.93. The van der Waals surface area contributed by atoms with Crippen molar-refractivity contribution in [3.8, 4) is 0 Å². The minimum absolute atomic E-state index is 0.0932. The molecule has 0 aromatic heterocycles. The van der Waals surface area contributed by atoms with E-state index in [0.717, 1.165) is 58.8 Å². The Bertz CT molecular complexity index is 417. The summed E-state index contributed by atoms with van der Waals surface area (Å²) in [5.74, 6) is -0.0932. The molecule has 3 rings (SSSR count). The summed E-state index contributed by atoms with van der Waals surface area (Å²) in [6.07, 6.45) is 7.36. The number of hydrogen-bond acceptors (Lipinski definition) is 5. The number of morpholine rings is 1. The highest BCUT2D eigenvalue weighted by atomic mass is 16.5. The van der Waals surface area contributed by atoms with Crippen molar-refractivity contribution in [3.63, 3.8) is 0 Å². The summed E-state index contributed by atoms with van der Waals surface area (Å²) in [7, 11) is 0. The van der Waals surface area contributed by atoms with Crippen molar-refractivity contribution in [2.75, 3.05) is 45.9 Å². The minimum Gasteiger partial charge on any atom is -0.389 e. The maximum atomic E-state index is 12.0. The number of likely N-dealkylation sites (tertiary alicyclic amines) is 1. The normalized spacial score (nSPS) is 33.5. The van der Waals surface area contributed by atoms with Crippen LogP contribution in [0.1, 0.15) is 25.7 Å². The summed E-state index contributed by atoms with van der Waals surface area (Å²) < 4.78 is 5.30. The number of amides is 1. The van der Waals surface area contributed by atoms with Gasteiger partial charge in [0.2, 0.25) is 5.91 Å². The van der Waals surface area contributed by atoms with Gasteiger partial charge in [0, 0.05) is 31.8 Å². The summed E-state index contributed by atoms with van der Waals surface area (Å²) >= 11 is 0. The van der Waals surface area contributed by atoms with Crippen LogP contribution in [0.25, 0.3) is 0 Å². The highest BCUT2D eigenvalue weighted by molar-refractivity contribution is 5.87. The van der Waals surface area contributed by atoms with Crippen molar-refractivity contribution in [2.24, 2.45) is 0 Å². The molecule has 3 aliphatic rings. The lowest BCUT2D eigenvalue weighted by Gasteiger charge is -2.28. The maximum Gasteiger partial charge on any atom is 0.244 e. The number of hydrogen-bond donors (Lipinski definition) is 2. The van der Waals surface area contributed by atoms with Crippen molar-refractivity contribution in [1.82, 2.24) is 15.1 Å². The first kappa shape index (κ1) is 16.9. The maximum absolute atomic E-state index is 12.0. The Morgan fingerprint density at radius 2 is 1.91 bits per heavy atom. The Hall–Kier alpha value is -0.950. The van der Waals surface area contributed by atoms with Crippen LogP contribution in [0.3, 0.4) is 0 Å². The van der Waals surface area contributed by atoms with E-state index in [1.165, 1.54) is 12.8 Å². The van der Waals surface area contributed by atoms with Gasteiger partial charge < -0.3 is 15.2 Å². The summed E-state index contributed by atoms with van der Waals surface area (Å²) in [4.78, 5) is 16.7. The molecule has 1 aliphatic carbocycles. The first-order valence-corrected chi connectivity index (χ1v) is 8.93. The molecule has 2 aliphatic heterocycles. The molecular weight excluding hydrogens is 294 g/mol. The molecule has 0 spiro atoms. The van der Waals surface area contributed by atoms with E-state index in [4.69, 9.17) is 4.74 Å². The number of carbonyl (C=O) groups excluding carboxylic acids is 1. The smallest absolute Gasteiger partial charge is 0.244 e. The van der Waals surface area contributed by atoms with E-state index < -0.39 is 6.10 Å². The summed E-state index contributed by atoms with van der Waals surface area (Å²) in [5, 5.41) is 13.5. The van der Waals surface area contributed by atoms with E-state index >= 15 is 0 Å². The zero-order valence-electron chi connectivity index (χ0n) is 13.8. The van der Waals surface area contributed by atoms with Crippen LogP contribution >= 0.6 is 0 Å². The third kappa shape index (κ3) is 4.53. The predicted octanol–water partition coefficient (Wildman–Crippen LogP) is -0.0213. The van der Waals surface area contributed by atoms with E-state index in [1.54, 1.807) is 6.08 Å². The molecule has 2 N–H and O–H groups in total. The van der Waals surface area contributed by atoms with E-state index in [2.05, 4.69) is 15.1 Å². The van der Waals surface area contributed by atoms with Gasteiger partial charge in [0.05, 0.1) is 25.4 Å². The monoisotopic (exact) mass is 323 g/mol. The van der Waals surface area contributed by atoms with Gasteiger partial charge >= 0.3 is 0 Å². The van der Waals surface area contributed by atoms with Crippen LogP contribution in [0, 0.1) is 0 Å². The summed E-state index contributed by atoms with van der Waals surface area (Å²) in [6, 6.07) is 0.112. The third-order valence-electron chi connectivity index (χ3n) is 5.25. The van der Waals surface area contributed by atoms with E-state index in [1.807, 2.05) is 6.08 Å². The zero-order chi connectivity index (χ0) is 16.1. The van der Waals surface area contributed by atoms with Crippen LogP contribution in [-0.2, 0) is 9.53 Å². The standard InChI is InChI=1S/C17H29N3O3/c21-16(4-3-7-19-10-12-23-13-11-19)18-14-5-6-15(17(14)22)20-8-1-2-9-20/h3-4,14-15,17,22H,1-2,5-13H2,(H,18,21)/b4-3+/t14-,15-,17-/m1/s1. The molecular formula is C17H29N3O3. The molecule has 0 aromatic rings. The molecule has 23 heavy (non-hydrogen) atoms. The molecule has 0 bridgehead atoms. The lowest BCUT2D eigenvalue weighted by Crippen LogP contribution is -2.47. The summed E-state index contributed by atoms with van der Waals surface area (Å²) in [5.41, 5.74) is 0. The average molecular weight is 323 g/mol. The molecule has 2 heterocycles. The van der Waals surface area contributed by atoms with Crippen LogP contribution in [0.4, 0.5) is 0 Å².